The van der Waals surface area contributed by atoms with Crippen molar-refractivity contribution in [2.75, 3.05) is 13.2 Å². The Kier molecular flexibility index (Phi) is 13.1. The van der Waals surface area contributed by atoms with Crippen LogP contribution in [-0.2, 0) is 30.4 Å². The highest BCUT2D eigenvalue weighted by molar-refractivity contribution is 5.96. The van der Waals surface area contributed by atoms with Crippen LogP contribution in [-0.4, -0.2) is 83.1 Å². The minimum Gasteiger partial charge on any atom is -0.480 e. The van der Waals surface area contributed by atoms with Crippen LogP contribution in [0.1, 0.15) is 24.8 Å². The van der Waals surface area contributed by atoms with Crippen molar-refractivity contribution in [3.63, 3.8) is 0 Å². The third-order valence-corrected chi connectivity index (χ3v) is 5.05. The van der Waals surface area contributed by atoms with Crippen LogP contribution in [0.15, 0.2) is 35.3 Å². The minimum absolute atomic E-state index is 0.0145. The van der Waals surface area contributed by atoms with E-state index in [0.717, 1.165) is 0 Å². The number of benzene rings is 1. The molecule has 0 aliphatic rings. The van der Waals surface area contributed by atoms with Crippen molar-refractivity contribution < 1.29 is 34.2 Å². The van der Waals surface area contributed by atoms with Gasteiger partial charge < -0.3 is 49.1 Å². The molecule has 0 saturated heterocycles. The highest BCUT2D eigenvalue weighted by Crippen LogP contribution is 2.06. The number of hydrogen-bond acceptors (Lipinski definition) is 8. The maximum Gasteiger partial charge on any atom is 0.326 e. The highest BCUT2D eigenvalue weighted by atomic mass is 16.4. The van der Waals surface area contributed by atoms with E-state index in [1.807, 2.05) is 0 Å². The lowest BCUT2D eigenvalue weighted by atomic mass is 10.0. The molecule has 0 radical (unpaired) electrons. The van der Waals surface area contributed by atoms with Crippen LogP contribution in [0.4, 0.5) is 0 Å². The number of aliphatic carboxylic acids is 1. The molecule has 1 aromatic carbocycles. The van der Waals surface area contributed by atoms with E-state index in [9.17, 15) is 29.1 Å². The number of nitrogens with two attached hydrogens (primary N) is 4. The monoisotopic (exact) mass is 522 g/mol. The third-order valence-electron chi connectivity index (χ3n) is 5.05. The molecule has 37 heavy (non-hydrogen) atoms. The molecule has 4 unspecified atom stereocenters. The van der Waals surface area contributed by atoms with E-state index < -0.39 is 66.8 Å². The quantitative estimate of drug-likeness (QED) is 0.0576. The summed E-state index contributed by atoms with van der Waals surface area (Å²) >= 11 is 0. The highest BCUT2D eigenvalue weighted by Gasteiger charge is 2.31. The number of carbonyl (C=O) groups is 5. The van der Waals surface area contributed by atoms with Gasteiger partial charge in [0.05, 0.1) is 13.0 Å². The number of hydrogen-bond donors (Lipinski definition) is 9. The van der Waals surface area contributed by atoms with Crippen LogP contribution in [0.5, 0.6) is 0 Å². The Balaban J connectivity index is 3.06. The molecule has 0 aliphatic carbocycles. The lowest BCUT2D eigenvalue weighted by Gasteiger charge is -2.24. The van der Waals surface area contributed by atoms with Gasteiger partial charge in [-0.25, -0.2) is 4.79 Å². The number of nitrogens with zero attached hydrogens (tertiary/aromatic N) is 1. The summed E-state index contributed by atoms with van der Waals surface area (Å²) in [5.41, 5.74) is 21.9. The number of amides is 4. The van der Waals surface area contributed by atoms with E-state index in [1.54, 1.807) is 30.3 Å². The molecule has 0 saturated carbocycles. The van der Waals surface area contributed by atoms with Crippen molar-refractivity contribution in [2.45, 2.75) is 49.9 Å². The van der Waals surface area contributed by atoms with Crippen LogP contribution < -0.4 is 38.9 Å². The first kappa shape index (κ1) is 30.8. The summed E-state index contributed by atoms with van der Waals surface area (Å²) in [6, 6.07) is 3.14. The van der Waals surface area contributed by atoms with Crippen molar-refractivity contribution in [2.24, 2.45) is 27.9 Å². The van der Waals surface area contributed by atoms with E-state index in [0.29, 0.717) is 5.56 Å². The minimum atomic E-state index is -1.50. The summed E-state index contributed by atoms with van der Waals surface area (Å²) in [4.78, 5) is 65.0. The molecular weight excluding hydrogens is 488 g/mol. The number of guanidine groups is 1. The zero-order valence-electron chi connectivity index (χ0n) is 20.1. The molecular formula is C22H34N8O7. The molecule has 0 fully saturated rings. The Bertz CT molecular complexity index is 969. The molecule has 4 amide bonds. The second-order valence-corrected chi connectivity index (χ2v) is 8.12. The number of aliphatic hydroxyl groups is 1. The second-order valence-electron chi connectivity index (χ2n) is 8.12. The van der Waals surface area contributed by atoms with Gasteiger partial charge >= 0.3 is 5.97 Å². The molecule has 0 aliphatic heterocycles. The molecule has 0 bridgehead atoms. The molecule has 1 aromatic rings. The molecule has 15 heteroatoms. The molecule has 0 aromatic heterocycles. The van der Waals surface area contributed by atoms with Gasteiger partial charge in [-0.3, -0.25) is 24.2 Å². The summed E-state index contributed by atoms with van der Waals surface area (Å²) in [7, 11) is 0. The van der Waals surface area contributed by atoms with Crippen LogP contribution in [0.2, 0.25) is 0 Å². The fourth-order valence-electron chi connectivity index (χ4n) is 3.14. The van der Waals surface area contributed by atoms with Crippen LogP contribution in [0, 0.1) is 0 Å². The summed E-state index contributed by atoms with van der Waals surface area (Å²) in [6.07, 6.45) is -0.436. The number of carboxylic acids is 1. The first-order chi connectivity index (χ1) is 17.4. The number of carbonyl (C=O) groups excluding carboxylic acids is 4. The molecule has 15 nitrogen and oxygen atoms in total. The summed E-state index contributed by atoms with van der Waals surface area (Å²) in [5, 5.41) is 25.6. The molecule has 0 spiro atoms. The number of primary amides is 1. The average molecular weight is 523 g/mol. The van der Waals surface area contributed by atoms with Gasteiger partial charge in [0.25, 0.3) is 0 Å². The Morgan fingerprint density at radius 1 is 0.865 bits per heavy atom. The Morgan fingerprint density at radius 3 is 1.97 bits per heavy atom. The number of nitrogens with one attached hydrogen (secondary N) is 3. The largest absolute Gasteiger partial charge is 0.480 e. The third kappa shape index (κ3) is 11.8. The molecule has 4 atom stereocenters. The van der Waals surface area contributed by atoms with E-state index in [-0.39, 0.29) is 31.8 Å². The Hall–Kier alpha value is -4.24. The van der Waals surface area contributed by atoms with Gasteiger partial charge in [0.15, 0.2) is 5.96 Å². The first-order valence-electron chi connectivity index (χ1n) is 11.3. The lowest BCUT2D eigenvalue weighted by molar-refractivity contribution is -0.142. The van der Waals surface area contributed by atoms with Gasteiger partial charge in [-0.1, -0.05) is 30.3 Å². The van der Waals surface area contributed by atoms with E-state index in [4.69, 9.17) is 28.0 Å². The topological polar surface area (TPSA) is 278 Å². The normalized spacial score (nSPS) is 13.8. The standard InChI is InChI=1S/C22H34N8O7/c23-13(11-31)18(33)29-15(10-17(24)32)20(35)28-14(7-4-8-27-22(25)26)19(34)30-16(21(36)37)9-12-5-2-1-3-6-12/h1-3,5-6,13-16,31H,4,7-11,23H2,(H2,24,32)(H,28,35)(H,29,33)(H,30,34)(H,36,37)(H4,25,26,27). The Morgan fingerprint density at radius 2 is 1.43 bits per heavy atom. The van der Waals surface area contributed by atoms with Gasteiger partial charge in [-0.15, -0.1) is 0 Å². The number of rotatable bonds is 16. The first-order valence-corrected chi connectivity index (χ1v) is 11.3. The van der Waals surface area contributed by atoms with Gasteiger partial charge in [0.1, 0.15) is 24.2 Å². The van der Waals surface area contributed by atoms with Crippen LogP contribution >= 0.6 is 0 Å². The maximum absolute atomic E-state index is 13.0. The fraction of sp³-hybridized carbons (Fsp3) is 0.455. The average Bonchev–Trinajstić information content (AvgIpc) is 2.84. The van der Waals surface area contributed by atoms with Crippen molar-refractivity contribution >= 4 is 35.6 Å². The molecule has 0 heterocycles. The van der Waals surface area contributed by atoms with Crippen molar-refractivity contribution in [1.82, 2.24) is 16.0 Å². The Labute approximate surface area is 213 Å². The van der Waals surface area contributed by atoms with Gasteiger partial charge in [0.2, 0.25) is 23.6 Å². The summed E-state index contributed by atoms with van der Waals surface area (Å²) in [6.45, 7) is -0.605. The van der Waals surface area contributed by atoms with Gasteiger partial charge in [-0.05, 0) is 18.4 Å². The van der Waals surface area contributed by atoms with Crippen molar-refractivity contribution in [3.05, 3.63) is 35.9 Å². The molecule has 13 N–H and O–H groups in total. The lowest BCUT2D eigenvalue weighted by Crippen LogP contribution is -2.58. The SMILES string of the molecule is NC(=O)CC(NC(=O)C(N)CO)C(=O)NC(CCCN=C(N)N)C(=O)NC(Cc1ccccc1)C(=O)O. The zero-order valence-corrected chi connectivity index (χ0v) is 20.1. The second kappa shape index (κ2) is 15.7. The molecule has 1 rings (SSSR count). The van der Waals surface area contributed by atoms with Gasteiger partial charge in [-0.2, -0.15) is 0 Å². The van der Waals surface area contributed by atoms with Crippen LogP contribution in [0.3, 0.4) is 0 Å². The number of carboxylic acid groups (broad SMARTS) is 1. The van der Waals surface area contributed by atoms with E-state index in [1.165, 1.54) is 0 Å². The number of aliphatic hydroxyl groups excluding tert-OH is 1. The molecule has 204 valence electrons. The van der Waals surface area contributed by atoms with Gasteiger partial charge in [0, 0.05) is 13.0 Å². The predicted octanol–water partition coefficient (Wildman–Crippen LogP) is -3.98. The van der Waals surface area contributed by atoms with E-state index in [2.05, 4.69) is 20.9 Å². The van der Waals surface area contributed by atoms with Crippen molar-refractivity contribution in [3.8, 4) is 0 Å². The summed E-state index contributed by atoms with van der Waals surface area (Å²) in [5.74, 6) is -5.10. The van der Waals surface area contributed by atoms with Crippen molar-refractivity contribution in [1.29, 1.82) is 0 Å². The zero-order chi connectivity index (χ0) is 28.0. The van der Waals surface area contributed by atoms with Crippen LogP contribution in [0.25, 0.3) is 0 Å². The predicted molar refractivity (Wildman–Crippen MR) is 132 cm³/mol. The smallest absolute Gasteiger partial charge is 0.326 e. The number of aliphatic imine (C=N–C) groups is 1. The summed E-state index contributed by atoms with van der Waals surface area (Å²) < 4.78 is 0. The maximum atomic E-state index is 13.0. The van der Waals surface area contributed by atoms with E-state index >= 15 is 0 Å². The fourth-order valence-corrected chi connectivity index (χ4v) is 3.14.